The van der Waals surface area contributed by atoms with Crippen LogP contribution in [0.5, 0.6) is 5.75 Å². The Kier molecular flexibility index (Phi) is 6.18. The number of ketones is 1. The van der Waals surface area contributed by atoms with Crippen molar-refractivity contribution in [3.63, 3.8) is 0 Å². The molecule has 0 aliphatic carbocycles. The lowest BCUT2D eigenvalue weighted by Crippen LogP contribution is -2.29. The molecule has 1 aromatic heterocycles. The topological polar surface area (TPSA) is 123 Å². The molecule has 1 aliphatic heterocycles. The highest BCUT2D eigenvalue weighted by Gasteiger charge is 2.48. The summed E-state index contributed by atoms with van der Waals surface area (Å²) in [4.78, 5) is 41.9. The maximum Gasteiger partial charge on any atom is 0.301 e. The van der Waals surface area contributed by atoms with Crippen molar-refractivity contribution in [2.45, 2.75) is 19.4 Å². The zero-order valence-electron chi connectivity index (χ0n) is 17.5. The van der Waals surface area contributed by atoms with Gasteiger partial charge < -0.3 is 9.84 Å². The molecule has 0 radical (unpaired) electrons. The maximum absolute atomic E-state index is 13.1. The van der Waals surface area contributed by atoms with Crippen molar-refractivity contribution in [3.05, 3.63) is 86.9 Å². The van der Waals surface area contributed by atoms with Crippen molar-refractivity contribution in [1.82, 2.24) is 4.98 Å². The number of rotatable bonds is 7. The van der Waals surface area contributed by atoms with Gasteiger partial charge in [-0.05, 0) is 36.2 Å². The summed E-state index contributed by atoms with van der Waals surface area (Å²) in [5, 5.41) is 24.2. The number of nitro benzene ring substituents is 1. The van der Waals surface area contributed by atoms with Crippen LogP contribution < -0.4 is 9.64 Å². The highest BCUT2D eigenvalue weighted by atomic mass is 32.1. The van der Waals surface area contributed by atoms with Gasteiger partial charge in [0.25, 0.3) is 11.5 Å². The van der Waals surface area contributed by atoms with E-state index in [1.54, 1.807) is 29.6 Å². The Hall–Kier alpha value is -4.05. The third-order valence-electron chi connectivity index (χ3n) is 5.07. The largest absolute Gasteiger partial charge is 0.507 e. The average Bonchev–Trinajstić information content (AvgIpc) is 3.44. The van der Waals surface area contributed by atoms with E-state index in [1.807, 2.05) is 6.92 Å². The molecule has 3 aromatic rings. The summed E-state index contributed by atoms with van der Waals surface area (Å²) in [6, 6.07) is 11.1. The number of amides is 1. The average molecular weight is 465 g/mol. The number of aliphatic hydroxyl groups excluding tert-OH is 1. The first kappa shape index (κ1) is 22.2. The lowest BCUT2D eigenvalue weighted by atomic mass is 9.95. The first-order chi connectivity index (χ1) is 15.9. The Balaban J connectivity index is 1.86. The van der Waals surface area contributed by atoms with E-state index in [0.717, 1.165) is 17.8 Å². The number of aliphatic hydroxyl groups is 1. The van der Waals surface area contributed by atoms with Gasteiger partial charge >= 0.3 is 5.91 Å². The highest BCUT2D eigenvalue weighted by molar-refractivity contribution is 7.14. The van der Waals surface area contributed by atoms with Gasteiger partial charge in [-0.3, -0.25) is 24.6 Å². The fourth-order valence-corrected chi connectivity index (χ4v) is 4.23. The zero-order valence-corrected chi connectivity index (χ0v) is 18.3. The minimum atomic E-state index is -1.00. The smallest absolute Gasteiger partial charge is 0.301 e. The summed E-state index contributed by atoms with van der Waals surface area (Å²) in [6.45, 7) is 2.45. The molecule has 10 heteroatoms. The van der Waals surface area contributed by atoms with Gasteiger partial charge in [0.15, 0.2) is 5.13 Å². The third kappa shape index (κ3) is 4.20. The van der Waals surface area contributed by atoms with E-state index in [-0.39, 0.29) is 22.2 Å². The number of carbonyl (C=O) groups excluding carboxylic acids is 2. The molecule has 4 rings (SSSR count). The molecule has 0 spiro atoms. The molecule has 1 fully saturated rings. The van der Waals surface area contributed by atoms with E-state index in [2.05, 4.69) is 4.98 Å². The lowest BCUT2D eigenvalue weighted by Gasteiger charge is -2.22. The van der Waals surface area contributed by atoms with Gasteiger partial charge in [-0.15, -0.1) is 11.3 Å². The number of nitro groups is 1. The third-order valence-corrected chi connectivity index (χ3v) is 5.84. The molecule has 9 nitrogen and oxygen atoms in total. The molecule has 0 bridgehead atoms. The Morgan fingerprint density at radius 2 is 2.00 bits per heavy atom. The summed E-state index contributed by atoms with van der Waals surface area (Å²) < 4.78 is 5.62. The SMILES string of the molecule is CCCOc1cccc(C(O)=C2C(=O)C(=O)N(c3nccs3)C2c2ccc([N+](=O)[O-])cc2)c1. The maximum atomic E-state index is 13.1. The molecular formula is C23H19N3O6S. The van der Waals surface area contributed by atoms with Gasteiger partial charge in [0, 0.05) is 29.3 Å². The number of carbonyl (C=O) groups is 2. The van der Waals surface area contributed by atoms with E-state index >= 15 is 0 Å². The first-order valence-corrected chi connectivity index (χ1v) is 11.0. The molecule has 1 aliphatic rings. The molecule has 33 heavy (non-hydrogen) atoms. The number of Topliss-reactive ketones (excluding diaryl/α,β-unsaturated/α-hetero) is 1. The molecule has 1 saturated heterocycles. The number of hydrogen-bond donors (Lipinski definition) is 1. The van der Waals surface area contributed by atoms with Crippen LogP contribution >= 0.6 is 11.3 Å². The van der Waals surface area contributed by atoms with E-state index in [1.165, 1.54) is 35.4 Å². The monoisotopic (exact) mass is 465 g/mol. The van der Waals surface area contributed by atoms with E-state index in [4.69, 9.17) is 4.74 Å². The van der Waals surface area contributed by atoms with Crippen LogP contribution in [-0.2, 0) is 9.59 Å². The molecule has 2 heterocycles. The second-order valence-electron chi connectivity index (χ2n) is 7.21. The second kappa shape index (κ2) is 9.21. The van der Waals surface area contributed by atoms with E-state index in [0.29, 0.717) is 23.5 Å². The number of aromatic nitrogens is 1. The molecule has 2 aromatic carbocycles. The van der Waals surface area contributed by atoms with Crippen LogP contribution in [0.25, 0.3) is 5.76 Å². The number of anilines is 1. The fourth-order valence-electron chi connectivity index (χ4n) is 3.57. The zero-order chi connectivity index (χ0) is 23.5. The van der Waals surface area contributed by atoms with Crippen molar-refractivity contribution in [2.75, 3.05) is 11.5 Å². The van der Waals surface area contributed by atoms with Crippen molar-refractivity contribution in [3.8, 4) is 5.75 Å². The molecule has 0 saturated carbocycles. The number of hydrogen-bond acceptors (Lipinski definition) is 8. The molecule has 1 N–H and O–H groups in total. The van der Waals surface area contributed by atoms with Gasteiger partial charge in [0.1, 0.15) is 11.5 Å². The predicted octanol–water partition coefficient (Wildman–Crippen LogP) is 4.47. The van der Waals surface area contributed by atoms with Crippen LogP contribution in [0.2, 0.25) is 0 Å². The van der Waals surface area contributed by atoms with Crippen molar-refractivity contribution in [1.29, 1.82) is 0 Å². The first-order valence-electron chi connectivity index (χ1n) is 10.1. The standard InChI is InChI=1S/C23H19N3O6S/c1-2-11-32-17-5-3-4-15(13-17)20(27)18-19(14-6-8-16(9-7-14)26(30)31)25(22(29)21(18)28)23-24-10-12-33-23/h3-10,12-13,19,27H,2,11H2,1H3. The van der Waals surface area contributed by atoms with Gasteiger partial charge in [-0.1, -0.05) is 19.1 Å². The number of benzene rings is 2. The normalized spacial score (nSPS) is 17.4. The van der Waals surface area contributed by atoms with Crippen molar-refractivity contribution >= 4 is 39.6 Å². The Labute approximate surface area is 192 Å². The summed E-state index contributed by atoms with van der Waals surface area (Å²) >= 11 is 1.16. The summed E-state index contributed by atoms with van der Waals surface area (Å²) in [7, 11) is 0. The van der Waals surface area contributed by atoms with Crippen LogP contribution in [0.15, 0.2) is 65.7 Å². The number of nitrogens with zero attached hydrogens (tertiary/aromatic N) is 3. The van der Waals surface area contributed by atoms with Crippen LogP contribution in [0.1, 0.15) is 30.5 Å². The van der Waals surface area contributed by atoms with Crippen LogP contribution in [0, 0.1) is 10.1 Å². The molecule has 168 valence electrons. The Morgan fingerprint density at radius 3 is 2.64 bits per heavy atom. The minimum Gasteiger partial charge on any atom is -0.507 e. The van der Waals surface area contributed by atoms with Gasteiger partial charge in [-0.25, -0.2) is 4.98 Å². The van der Waals surface area contributed by atoms with Crippen molar-refractivity contribution in [2.24, 2.45) is 0 Å². The molecule has 1 unspecified atom stereocenters. The van der Waals surface area contributed by atoms with Gasteiger partial charge in [0.2, 0.25) is 0 Å². The summed E-state index contributed by atoms with van der Waals surface area (Å²) in [5.41, 5.74) is 0.477. The molecular weight excluding hydrogens is 446 g/mol. The molecule has 1 atom stereocenters. The number of non-ortho nitro benzene ring substituents is 1. The lowest BCUT2D eigenvalue weighted by molar-refractivity contribution is -0.384. The van der Waals surface area contributed by atoms with Gasteiger partial charge in [-0.2, -0.15) is 0 Å². The minimum absolute atomic E-state index is 0.128. The van der Waals surface area contributed by atoms with E-state index < -0.39 is 22.7 Å². The fraction of sp³-hybridized carbons (Fsp3) is 0.174. The summed E-state index contributed by atoms with van der Waals surface area (Å²) in [5.74, 6) is -1.56. The predicted molar refractivity (Wildman–Crippen MR) is 122 cm³/mol. The number of thiazole rings is 1. The molecule has 1 amide bonds. The quantitative estimate of drug-likeness (QED) is 0.180. The Bertz CT molecular complexity index is 1240. The summed E-state index contributed by atoms with van der Waals surface area (Å²) in [6.07, 6.45) is 2.30. The second-order valence-corrected chi connectivity index (χ2v) is 8.08. The van der Waals surface area contributed by atoms with Crippen LogP contribution in [-0.4, -0.2) is 33.3 Å². The van der Waals surface area contributed by atoms with E-state index in [9.17, 15) is 24.8 Å². The van der Waals surface area contributed by atoms with Gasteiger partial charge in [0.05, 0.1) is 23.1 Å². The highest BCUT2D eigenvalue weighted by Crippen LogP contribution is 2.43. The van der Waals surface area contributed by atoms with Crippen LogP contribution in [0.4, 0.5) is 10.8 Å². The number of ether oxygens (including phenoxy) is 1. The Morgan fingerprint density at radius 1 is 1.24 bits per heavy atom. The van der Waals surface area contributed by atoms with Crippen LogP contribution in [0.3, 0.4) is 0 Å². The van der Waals surface area contributed by atoms with Crippen molar-refractivity contribution < 1.29 is 24.4 Å².